The van der Waals surface area contributed by atoms with Gasteiger partial charge in [-0.3, -0.25) is 0 Å². The van der Waals surface area contributed by atoms with Crippen LogP contribution in [0.25, 0.3) is 10.8 Å². The lowest BCUT2D eigenvalue weighted by atomic mass is 10.1. The minimum atomic E-state index is 0.415. The highest BCUT2D eigenvalue weighted by Gasteiger charge is 2.19. The summed E-state index contributed by atoms with van der Waals surface area (Å²) in [4.78, 5) is 10.7. The molecule has 2 N–H and O–H groups in total. The van der Waals surface area contributed by atoms with E-state index in [1.54, 1.807) is 0 Å². The van der Waals surface area contributed by atoms with E-state index in [-0.39, 0.29) is 0 Å². The van der Waals surface area contributed by atoms with Crippen LogP contribution >= 0.6 is 0 Å². The molecule has 0 spiro atoms. The molecule has 0 unspecified atom stereocenters. The number of hydrogen-bond acceptors (Lipinski definition) is 5. The Balaban J connectivity index is 1.72. The standard InChI is InChI=1S/C18H18N4O/c19-16-17(22-10-3-4-11-22)20-12-21-18(16)23-15-9-5-7-13-6-1-2-8-14(13)15/h1-2,5-9,12H,3-4,10-11,19H2. The predicted molar refractivity (Wildman–Crippen MR) is 91.9 cm³/mol. The van der Waals surface area contributed by atoms with Gasteiger partial charge in [0.2, 0.25) is 5.88 Å². The van der Waals surface area contributed by atoms with E-state index in [0.717, 1.165) is 35.4 Å². The van der Waals surface area contributed by atoms with Crippen molar-refractivity contribution in [2.45, 2.75) is 12.8 Å². The van der Waals surface area contributed by atoms with Gasteiger partial charge in [0.25, 0.3) is 0 Å². The lowest BCUT2D eigenvalue weighted by Gasteiger charge is -2.19. The Bertz CT molecular complexity index is 838. The molecule has 5 nitrogen and oxygen atoms in total. The summed E-state index contributed by atoms with van der Waals surface area (Å²) in [5.74, 6) is 1.94. The van der Waals surface area contributed by atoms with Crippen LogP contribution in [0.1, 0.15) is 12.8 Å². The van der Waals surface area contributed by atoms with E-state index in [1.165, 1.54) is 19.2 Å². The maximum absolute atomic E-state index is 6.26. The molecule has 23 heavy (non-hydrogen) atoms. The predicted octanol–water partition coefficient (Wildman–Crippen LogP) is 3.60. The van der Waals surface area contributed by atoms with Crippen LogP contribution in [0.2, 0.25) is 0 Å². The van der Waals surface area contributed by atoms with E-state index >= 15 is 0 Å². The third-order valence-electron chi connectivity index (χ3n) is 4.19. The van der Waals surface area contributed by atoms with Gasteiger partial charge in [0.15, 0.2) is 5.82 Å². The molecule has 0 atom stereocenters. The molecule has 1 aromatic heterocycles. The van der Waals surface area contributed by atoms with Gasteiger partial charge in [-0.15, -0.1) is 0 Å². The number of nitrogens with two attached hydrogens (primary N) is 1. The topological polar surface area (TPSA) is 64.3 Å². The van der Waals surface area contributed by atoms with Crippen molar-refractivity contribution < 1.29 is 4.74 Å². The molecular formula is C18H18N4O. The normalized spacial score (nSPS) is 14.3. The number of fused-ring (bicyclic) bond motifs is 1. The minimum Gasteiger partial charge on any atom is -0.436 e. The largest absolute Gasteiger partial charge is 0.436 e. The lowest BCUT2D eigenvalue weighted by molar-refractivity contribution is 0.469. The van der Waals surface area contributed by atoms with E-state index in [4.69, 9.17) is 10.5 Å². The zero-order valence-corrected chi connectivity index (χ0v) is 12.8. The van der Waals surface area contributed by atoms with Gasteiger partial charge in [0, 0.05) is 18.5 Å². The van der Waals surface area contributed by atoms with Gasteiger partial charge in [-0.25, -0.2) is 4.98 Å². The molecule has 5 heteroatoms. The van der Waals surface area contributed by atoms with Crippen molar-refractivity contribution in [1.29, 1.82) is 0 Å². The summed E-state index contributed by atoms with van der Waals surface area (Å²) >= 11 is 0. The first-order valence-corrected chi connectivity index (χ1v) is 7.84. The fourth-order valence-electron chi connectivity index (χ4n) is 3.02. The van der Waals surface area contributed by atoms with E-state index in [9.17, 15) is 0 Å². The van der Waals surface area contributed by atoms with Crippen LogP contribution in [0.15, 0.2) is 48.8 Å². The van der Waals surface area contributed by atoms with Crippen molar-refractivity contribution in [1.82, 2.24) is 9.97 Å². The second-order valence-electron chi connectivity index (χ2n) is 5.69. The van der Waals surface area contributed by atoms with Crippen LogP contribution in [0.4, 0.5) is 11.5 Å². The maximum Gasteiger partial charge on any atom is 0.248 e. The van der Waals surface area contributed by atoms with Crippen molar-refractivity contribution in [2.24, 2.45) is 0 Å². The molecule has 0 saturated carbocycles. The van der Waals surface area contributed by atoms with Crippen LogP contribution in [0.5, 0.6) is 11.6 Å². The quantitative estimate of drug-likeness (QED) is 0.801. The maximum atomic E-state index is 6.26. The van der Waals surface area contributed by atoms with Crippen molar-refractivity contribution in [3.63, 3.8) is 0 Å². The molecule has 0 bridgehead atoms. The van der Waals surface area contributed by atoms with E-state index in [1.807, 2.05) is 30.3 Å². The summed E-state index contributed by atoms with van der Waals surface area (Å²) < 4.78 is 6.02. The first-order valence-electron chi connectivity index (χ1n) is 7.84. The molecule has 1 saturated heterocycles. The van der Waals surface area contributed by atoms with Crippen molar-refractivity contribution >= 4 is 22.3 Å². The van der Waals surface area contributed by atoms with Gasteiger partial charge in [0.05, 0.1) is 0 Å². The summed E-state index contributed by atoms with van der Waals surface area (Å²) in [5, 5.41) is 2.16. The van der Waals surface area contributed by atoms with Crippen molar-refractivity contribution in [3.8, 4) is 11.6 Å². The fourth-order valence-corrected chi connectivity index (χ4v) is 3.02. The van der Waals surface area contributed by atoms with Gasteiger partial charge in [0.1, 0.15) is 17.8 Å². The Hall–Kier alpha value is -2.82. The van der Waals surface area contributed by atoms with E-state index in [2.05, 4.69) is 27.0 Å². The summed E-state index contributed by atoms with van der Waals surface area (Å²) in [5.41, 5.74) is 6.77. The number of nitrogen functional groups attached to an aromatic ring is 1. The van der Waals surface area contributed by atoms with E-state index < -0.39 is 0 Å². The highest BCUT2D eigenvalue weighted by atomic mass is 16.5. The highest BCUT2D eigenvalue weighted by Crippen LogP contribution is 2.35. The summed E-state index contributed by atoms with van der Waals surface area (Å²) in [6, 6.07) is 14.0. The third kappa shape index (κ3) is 2.54. The molecule has 1 fully saturated rings. The number of aromatic nitrogens is 2. The molecule has 1 aliphatic rings. The Morgan fingerprint density at radius 3 is 2.61 bits per heavy atom. The smallest absolute Gasteiger partial charge is 0.248 e. The zero-order valence-electron chi connectivity index (χ0n) is 12.8. The average molecular weight is 306 g/mol. The lowest BCUT2D eigenvalue weighted by Crippen LogP contribution is -2.20. The molecule has 0 aliphatic carbocycles. The second-order valence-corrected chi connectivity index (χ2v) is 5.69. The van der Waals surface area contributed by atoms with Crippen molar-refractivity contribution in [2.75, 3.05) is 23.7 Å². The van der Waals surface area contributed by atoms with Crippen LogP contribution < -0.4 is 15.4 Å². The minimum absolute atomic E-state index is 0.415. The highest BCUT2D eigenvalue weighted by molar-refractivity contribution is 5.88. The Kier molecular flexibility index (Phi) is 3.46. The van der Waals surface area contributed by atoms with Crippen LogP contribution in [-0.2, 0) is 0 Å². The van der Waals surface area contributed by atoms with Crippen LogP contribution in [-0.4, -0.2) is 23.1 Å². The Morgan fingerprint density at radius 1 is 0.957 bits per heavy atom. The molecular weight excluding hydrogens is 288 g/mol. The SMILES string of the molecule is Nc1c(Oc2cccc3ccccc23)ncnc1N1CCCC1. The van der Waals surface area contributed by atoms with Crippen LogP contribution in [0.3, 0.4) is 0 Å². The van der Waals surface area contributed by atoms with Gasteiger partial charge in [-0.05, 0) is 24.3 Å². The number of nitrogens with zero attached hydrogens (tertiary/aromatic N) is 3. The summed E-state index contributed by atoms with van der Waals surface area (Å²) in [6.07, 6.45) is 3.86. The first kappa shape index (κ1) is 13.8. The van der Waals surface area contributed by atoms with Gasteiger partial charge in [-0.2, -0.15) is 4.98 Å². The summed E-state index contributed by atoms with van der Waals surface area (Å²) in [6.45, 7) is 1.96. The molecule has 0 radical (unpaired) electrons. The molecule has 2 aromatic carbocycles. The number of hydrogen-bond donors (Lipinski definition) is 1. The molecule has 1 aliphatic heterocycles. The molecule has 116 valence electrons. The number of anilines is 2. The third-order valence-corrected chi connectivity index (χ3v) is 4.19. The molecule has 2 heterocycles. The Morgan fingerprint density at radius 2 is 1.74 bits per heavy atom. The van der Waals surface area contributed by atoms with Crippen LogP contribution in [0, 0.1) is 0 Å². The summed E-state index contributed by atoms with van der Waals surface area (Å²) in [7, 11) is 0. The van der Waals surface area contributed by atoms with E-state index in [0.29, 0.717) is 11.6 Å². The number of benzene rings is 2. The van der Waals surface area contributed by atoms with Gasteiger partial charge >= 0.3 is 0 Å². The first-order chi connectivity index (χ1) is 11.3. The number of ether oxygens (including phenoxy) is 1. The average Bonchev–Trinajstić information content (AvgIpc) is 3.11. The zero-order chi connectivity index (χ0) is 15.6. The molecule has 3 aromatic rings. The number of rotatable bonds is 3. The Labute approximate surface area is 134 Å². The molecule has 0 amide bonds. The van der Waals surface area contributed by atoms with Gasteiger partial charge in [-0.1, -0.05) is 36.4 Å². The second kappa shape index (κ2) is 5.76. The monoisotopic (exact) mass is 306 g/mol. The fraction of sp³-hybridized carbons (Fsp3) is 0.222. The van der Waals surface area contributed by atoms with Gasteiger partial charge < -0.3 is 15.4 Å². The van der Waals surface area contributed by atoms with Crippen molar-refractivity contribution in [3.05, 3.63) is 48.8 Å². The molecule has 4 rings (SSSR count).